The van der Waals surface area contributed by atoms with E-state index in [1.807, 2.05) is 27.7 Å². The lowest BCUT2D eigenvalue weighted by Crippen LogP contribution is -2.41. The maximum absolute atomic E-state index is 12.6. The Hall–Kier alpha value is -1.74. The van der Waals surface area contributed by atoms with Gasteiger partial charge in [-0.1, -0.05) is 6.07 Å². The summed E-state index contributed by atoms with van der Waals surface area (Å²) in [6.45, 7) is 7.29. The summed E-state index contributed by atoms with van der Waals surface area (Å²) in [4.78, 5) is 11.6. The van der Waals surface area contributed by atoms with E-state index in [1.54, 1.807) is 0 Å². The van der Waals surface area contributed by atoms with Crippen molar-refractivity contribution in [2.24, 2.45) is 0 Å². The van der Waals surface area contributed by atoms with Gasteiger partial charge in [0.05, 0.1) is 18.3 Å². The van der Waals surface area contributed by atoms with Gasteiger partial charge in [0.15, 0.2) is 0 Å². The molecule has 1 aromatic carbocycles. The Bertz CT molecular complexity index is 626. The van der Waals surface area contributed by atoms with Gasteiger partial charge in [0, 0.05) is 0 Å². The zero-order valence-corrected chi connectivity index (χ0v) is 14.0. The summed E-state index contributed by atoms with van der Waals surface area (Å²) in [6, 6.07) is 3.70. The van der Waals surface area contributed by atoms with Gasteiger partial charge in [-0.2, -0.15) is 0 Å². The molecular formula is C15H18BF3O5. The largest absolute Gasteiger partial charge is 0.573 e. The SMILES string of the molecule is COC(=O)c1ccc(B2OC(C)(C)C(C)(C)O2)cc1OC(F)(F)F. The molecule has 0 bridgehead atoms. The number of hydrogen-bond donors (Lipinski definition) is 0. The number of benzene rings is 1. The van der Waals surface area contributed by atoms with Crippen molar-refractivity contribution in [2.75, 3.05) is 7.11 Å². The number of carbonyl (C=O) groups excluding carboxylic acids is 1. The number of esters is 1. The maximum Gasteiger partial charge on any atom is 0.573 e. The number of carbonyl (C=O) groups is 1. The monoisotopic (exact) mass is 346 g/mol. The van der Waals surface area contributed by atoms with E-state index in [1.165, 1.54) is 12.1 Å². The fraction of sp³-hybridized carbons (Fsp3) is 0.533. The van der Waals surface area contributed by atoms with Crippen LogP contribution in [0.5, 0.6) is 5.75 Å². The molecule has 1 fully saturated rings. The van der Waals surface area contributed by atoms with E-state index in [2.05, 4.69) is 9.47 Å². The Kier molecular flexibility index (Phi) is 4.62. The highest BCUT2D eigenvalue weighted by molar-refractivity contribution is 6.62. The van der Waals surface area contributed by atoms with Gasteiger partial charge in [-0.3, -0.25) is 0 Å². The van der Waals surface area contributed by atoms with Gasteiger partial charge in [0.1, 0.15) is 11.3 Å². The van der Waals surface area contributed by atoms with Crippen LogP contribution in [0, 0.1) is 0 Å². The first kappa shape index (κ1) is 18.6. The molecule has 0 aliphatic carbocycles. The predicted octanol–water partition coefficient (Wildman–Crippen LogP) is 2.67. The number of rotatable bonds is 3. The average Bonchev–Trinajstić information content (AvgIpc) is 2.65. The van der Waals surface area contributed by atoms with Crippen LogP contribution in [-0.2, 0) is 14.0 Å². The Morgan fingerprint density at radius 1 is 1.12 bits per heavy atom. The average molecular weight is 346 g/mol. The van der Waals surface area contributed by atoms with Gasteiger partial charge in [0.2, 0.25) is 0 Å². The minimum Gasteiger partial charge on any atom is -0.465 e. The quantitative estimate of drug-likeness (QED) is 0.622. The molecule has 1 aromatic rings. The highest BCUT2D eigenvalue weighted by Crippen LogP contribution is 2.37. The van der Waals surface area contributed by atoms with Crippen LogP contribution in [0.4, 0.5) is 13.2 Å². The molecular weight excluding hydrogens is 328 g/mol. The lowest BCUT2D eigenvalue weighted by atomic mass is 9.78. The number of hydrogen-bond acceptors (Lipinski definition) is 5. The molecule has 0 N–H and O–H groups in total. The normalized spacial score (nSPS) is 19.2. The Labute approximate surface area is 138 Å². The number of halogens is 3. The summed E-state index contributed by atoms with van der Waals surface area (Å²) >= 11 is 0. The van der Waals surface area contributed by atoms with Crippen molar-refractivity contribution in [1.82, 2.24) is 0 Å². The van der Waals surface area contributed by atoms with Gasteiger partial charge >= 0.3 is 19.5 Å². The molecule has 0 spiro atoms. The summed E-state index contributed by atoms with van der Waals surface area (Å²) in [5.74, 6) is -1.60. The van der Waals surface area contributed by atoms with Crippen molar-refractivity contribution in [3.63, 3.8) is 0 Å². The van der Waals surface area contributed by atoms with Crippen LogP contribution < -0.4 is 10.2 Å². The molecule has 0 radical (unpaired) electrons. The van der Waals surface area contributed by atoms with Crippen LogP contribution in [0.25, 0.3) is 0 Å². The lowest BCUT2D eigenvalue weighted by Gasteiger charge is -2.32. The van der Waals surface area contributed by atoms with E-state index < -0.39 is 36.4 Å². The van der Waals surface area contributed by atoms with Gasteiger partial charge in [-0.25, -0.2) is 4.79 Å². The minimum atomic E-state index is -4.95. The fourth-order valence-corrected chi connectivity index (χ4v) is 2.15. The van der Waals surface area contributed by atoms with E-state index in [0.29, 0.717) is 5.46 Å². The first-order valence-corrected chi connectivity index (χ1v) is 7.20. The third-order valence-electron chi connectivity index (χ3n) is 4.16. The van der Waals surface area contributed by atoms with Crippen molar-refractivity contribution in [3.05, 3.63) is 23.8 Å². The van der Waals surface area contributed by atoms with Gasteiger partial charge in [-0.05, 0) is 45.3 Å². The van der Waals surface area contributed by atoms with Crippen molar-refractivity contribution < 1.29 is 36.7 Å². The van der Waals surface area contributed by atoms with Crippen LogP contribution >= 0.6 is 0 Å². The van der Waals surface area contributed by atoms with E-state index in [0.717, 1.165) is 13.2 Å². The van der Waals surface area contributed by atoms with Crippen LogP contribution in [0.3, 0.4) is 0 Å². The fourth-order valence-electron chi connectivity index (χ4n) is 2.15. The molecule has 0 aromatic heterocycles. The molecule has 0 saturated carbocycles. The number of ether oxygens (including phenoxy) is 2. The maximum atomic E-state index is 12.6. The molecule has 9 heteroatoms. The summed E-state index contributed by atoms with van der Waals surface area (Å²) in [5.41, 5.74) is -1.33. The molecule has 132 valence electrons. The van der Waals surface area contributed by atoms with E-state index in [-0.39, 0.29) is 5.56 Å². The van der Waals surface area contributed by atoms with Gasteiger partial charge < -0.3 is 18.8 Å². The highest BCUT2D eigenvalue weighted by Gasteiger charge is 2.52. The number of alkyl halides is 3. The second kappa shape index (κ2) is 5.96. The molecule has 2 rings (SSSR count). The van der Waals surface area contributed by atoms with Crippen molar-refractivity contribution in [1.29, 1.82) is 0 Å². The van der Waals surface area contributed by atoms with Crippen LogP contribution in [0.15, 0.2) is 18.2 Å². The van der Waals surface area contributed by atoms with E-state index in [9.17, 15) is 18.0 Å². The number of methoxy groups -OCH3 is 1. The summed E-state index contributed by atoms with van der Waals surface area (Å²) in [5, 5.41) is 0. The van der Waals surface area contributed by atoms with Crippen LogP contribution in [-0.4, -0.2) is 37.8 Å². The molecule has 0 atom stereocenters. The summed E-state index contributed by atoms with van der Waals surface area (Å²) in [7, 11) is 0.194. The molecule has 1 aliphatic rings. The zero-order valence-electron chi connectivity index (χ0n) is 14.0. The smallest absolute Gasteiger partial charge is 0.465 e. The van der Waals surface area contributed by atoms with Crippen molar-refractivity contribution in [3.8, 4) is 5.75 Å². The molecule has 1 aliphatic heterocycles. The molecule has 0 amide bonds. The van der Waals surface area contributed by atoms with Crippen LogP contribution in [0.2, 0.25) is 0 Å². The van der Waals surface area contributed by atoms with Gasteiger partial charge in [0.25, 0.3) is 0 Å². The van der Waals surface area contributed by atoms with E-state index in [4.69, 9.17) is 9.31 Å². The van der Waals surface area contributed by atoms with Gasteiger partial charge in [-0.15, -0.1) is 13.2 Å². The Morgan fingerprint density at radius 3 is 2.12 bits per heavy atom. The molecule has 1 heterocycles. The minimum absolute atomic E-state index is 0.306. The highest BCUT2D eigenvalue weighted by atomic mass is 19.4. The second-order valence-corrected chi connectivity index (χ2v) is 6.38. The summed E-state index contributed by atoms with van der Waals surface area (Å²) in [6.07, 6.45) is -4.95. The topological polar surface area (TPSA) is 54.0 Å². The Balaban J connectivity index is 2.40. The van der Waals surface area contributed by atoms with Crippen molar-refractivity contribution in [2.45, 2.75) is 45.3 Å². The van der Waals surface area contributed by atoms with Crippen LogP contribution in [0.1, 0.15) is 38.1 Å². The standard InChI is InChI=1S/C15H18BF3O5/c1-13(2)14(3,4)24-16(23-13)9-6-7-10(12(20)21-5)11(8-9)22-15(17,18)19/h6-8H,1-5H3. The third-order valence-corrected chi connectivity index (χ3v) is 4.16. The molecule has 1 saturated heterocycles. The molecule has 24 heavy (non-hydrogen) atoms. The predicted molar refractivity (Wildman–Crippen MR) is 80.2 cm³/mol. The first-order valence-electron chi connectivity index (χ1n) is 7.20. The van der Waals surface area contributed by atoms with Crippen molar-refractivity contribution >= 4 is 18.6 Å². The Morgan fingerprint density at radius 2 is 1.67 bits per heavy atom. The first-order chi connectivity index (χ1) is 10.9. The van der Waals surface area contributed by atoms with E-state index >= 15 is 0 Å². The zero-order chi connectivity index (χ0) is 18.3. The lowest BCUT2D eigenvalue weighted by molar-refractivity contribution is -0.274. The second-order valence-electron chi connectivity index (χ2n) is 6.38. The third kappa shape index (κ3) is 3.67. The summed E-state index contributed by atoms with van der Waals surface area (Å²) < 4.78 is 57.8. The molecule has 0 unspecified atom stereocenters. The molecule has 5 nitrogen and oxygen atoms in total.